The summed E-state index contributed by atoms with van der Waals surface area (Å²) < 4.78 is 5.68. The fourth-order valence-corrected chi connectivity index (χ4v) is 3.70. The highest BCUT2D eigenvalue weighted by atomic mass is 16.5. The number of nitrogens with two attached hydrogens (primary N) is 1. The molecule has 6 nitrogen and oxygen atoms in total. The molecule has 1 heterocycles. The number of carbonyl (C=O) groups is 2. The van der Waals surface area contributed by atoms with Gasteiger partial charge in [0.1, 0.15) is 5.54 Å². The molecular formula is C14H24N2O4. The Morgan fingerprint density at radius 1 is 1.45 bits per heavy atom. The predicted octanol–water partition coefficient (Wildman–Crippen LogP) is 0.452. The van der Waals surface area contributed by atoms with E-state index in [1.165, 1.54) is 0 Å². The summed E-state index contributed by atoms with van der Waals surface area (Å²) in [7, 11) is 1.69. The van der Waals surface area contributed by atoms with Crippen LogP contribution in [0.3, 0.4) is 0 Å². The second kappa shape index (κ2) is 5.00. The van der Waals surface area contributed by atoms with Gasteiger partial charge in [0.05, 0.1) is 6.10 Å². The van der Waals surface area contributed by atoms with E-state index in [1.807, 2.05) is 13.8 Å². The van der Waals surface area contributed by atoms with Gasteiger partial charge in [-0.2, -0.15) is 0 Å². The van der Waals surface area contributed by atoms with Crippen molar-refractivity contribution in [1.82, 2.24) is 4.90 Å². The summed E-state index contributed by atoms with van der Waals surface area (Å²) in [6.07, 6.45) is 1.38. The third-order valence-electron chi connectivity index (χ3n) is 5.04. The van der Waals surface area contributed by atoms with Crippen molar-refractivity contribution in [2.45, 2.75) is 44.8 Å². The molecule has 0 spiro atoms. The lowest BCUT2D eigenvalue weighted by atomic mass is 9.47. The Balaban J connectivity index is 2.02. The van der Waals surface area contributed by atoms with Gasteiger partial charge in [0, 0.05) is 38.0 Å². The normalized spacial score (nSPS) is 34.2. The van der Waals surface area contributed by atoms with E-state index in [4.69, 9.17) is 15.6 Å². The molecule has 1 aliphatic heterocycles. The van der Waals surface area contributed by atoms with E-state index in [2.05, 4.69) is 0 Å². The van der Waals surface area contributed by atoms with E-state index in [0.717, 1.165) is 6.42 Å². The number of hydrogen-bond acceptors (Lipinski definition) is 4. The van der Waals surface area contributed by atoms with Crippen molar-refractivity contribution in [2.24, 2.45) is 17.1 Å². The third-order valence-corrected chi connectivity index (χ3v) is 5.04. The minimum Gasteiger partial charge on any atom is -0.481 e. The van der Waals surface area contributed by atoms with E-state index < -0.39 is 11.5 Å². The molecule has 0 aromatic heterocycles. The van der Waals surface area contributed by atoms with Crippen LogP contribution in [0, 0.1) is 11.3 Å². The molecule has 2 rings (SSSR count). The van der Waals surface area contributed by atoms with Gasteiger partial charge in [0.15, 0.2) is 0 Å². The Kier molecular flexibility index (Phi) is 3.81. The lowest BCUT2D eigenvalue weighted by molar-refractivity contribution is -0.183. The second-order valence-corrected chi connectivity index (χ2v) is 6.50. The number of aliphatic carboxylic acids is 1. The number of rotatable bonds is 5. The van der Waals surface area contributed by atoms with Crippen molar-refractivity contribution in [3.8, 4) is 0 Å². The van der Waals surface area contributed by atoms with Gasteiger partial charge < -0.3 is 20.5 Å². The van der Waals surface area contributed by atoms with Crippen LogP contribution >= 0.6 is 0 Å². The summed E-state index contributed by atoms with van der Waals surface area (Å²) in [5.74, 6) is -0.867. The van der Waals surface area contributed by atoms with Crippen LogP contribution in [0.1, 0.15) is 33.1 Å². The summed E-state index contributed by atoms with van der Waals surface area (Å²) in [5.41, 5.74) is 5.17. The minimum atomic E-state index is -0.897. The number of nitrogens with zero attached hydrogens (tertiary/aromatic N) is 1. The molecule has 20 heavy (non-hydrogen) atoms. The molecule has 114 valence electrons. The highest BCUT2D eigenvalue weighted by Crippen LogP contribution is 2.58. The molecule has 1 saturated heterocycles. The Morgan fingerprint density at radius 2 is 2.10 bits per heavy atom. The van der Waals surface area contributed by atoms with Crippen molar-refractivity contribution in [3.05, 3.63) is 0 Å². The Labute approximate surface area is 119 Å². The zero-order chi connectivity index (χ0) is 15.1. The number of amides is 1. The zero-order valence-corrected chi connectivity index (χ0v) is 12.4. The molecule has 1 aliphatic carbocycles. The molecule has 0 radical (unpaired) electrons. The van der Waals surface area contributed by atoms with Crippen LogP contribution in [-0.2, 0) is 14.3 Å². The van der Waals surface area contributed by atoms with Gasteiger partial charge in [-0.1, -0.05) is 13.8 Å². The fourth-order valence-electron chi connectivity index (χ4n) is 3.70. The number of carboxylic acid groups (broad SMARTS) is 1. The summed E-state index contributed by atoms with van der Waals surface area (Å²) >= 11 is 0. The molecule has 0 aromatic carbocycles. The SMILES string of the molecule is CN(CCCC(=O)O)C(=O)C1(N)C2CCOC2C1(C)C. The van der Waals surface area contributed by atoms with E-state index in [0.29, 0.717) is 19.6 Å². The van der Waals surface area contributed by atoms with E-state index >= 15 is 0 Å². The van der Waals surface area contributed by atoms with Crippen LogP contribution in [0.2, 0.25) is 0 Å². The van der Waals surface area contributed by atoms with E-state index in [1.54, 1.807) is 11.9 Å². The molecule has 0 aromatic rings. The van der Waals surface area contributed by atoms with Gasteiger partial charge in [-0.3, -0.25) is 9.59 Å². The zero-order valence-electron chi connectivity index (χ0n) is 12.4. The average Bonchev–Trinajstić information content (AvgIpc) is 2.84. The molecule has 1 amide bonds. The molecule has 2 aliphatic rings. The summed E-state index contributed by atoms with van der Waals surface area (Å²) in [6, 6.07) is 0. The topological polar surface area (TPSA) is 92.9 Å². The summed E-state index contributed by atoms with van der Waals surface area (Å²) in [5, 5.41) is 8.64. The molecule has 3 N–H and O–H groups in total. The van der Waals surface area contributed by atoms with Crippen molar-refractivity contribution >= 4 is 11.9 Å². The van der Waals surface area contributed by atoms with Crippen molar-refractivity contribution < 1.29 is 19.4 Å². The van der Waals surface area contributed by atoms with Gasteiger partial charge in [-0.15, -0.1) is 0 Å². The van der Waals surface area contributed by atoms with Gasteiger partial charge in [0.2, 0.25) is 5.91 Å². The number of ether oxygens (including phenoxy) is 1. The van der Waals surface area contributed by atoms with Crippen LogP contribution in [-0.4, -0.2) is 53.7 Å². The molecule has 3 unspecified atom stereocenters. The molecule has 6 heteroatoms. The number of carboxylic acids is 1. The lowest BCUT2D eigenvalue weighted by Gasteiger charge is -2.61. The van der Waals surface area contributed by atoms with Gasteiger partial charge in [-0.25, -0.2) is 0 Å². The monoisotopic (exact) mass is 284 g/mol. The first-order chi connectivity index (χ1) is 9.23. The second-order valence-electron chi connectivity index (χ2n) is 6.50. The first kappa shape index (κ1) is 15.3. The van der Waals surface area contributed by atoms with Gasteiger partial charge in [-0.05, 0) is 12.8 Å². The Morgan fingerprint density at radius 3 is 2.70 bits per heavy atom. The van der Waals surface area contributed by atoms with Crippen molar-refractivity contribution in [3.63, 3.8) is 0 Å². The van der Waals surface area contributed by atoms with Crippen molar-refractivity contribution in [2.75, 3.05) is 20.2 Å². The first-order valence-electron chi connectivity index (χ1n) is 7.10. The third kappa shape index (κ3) is 2.02. The molecular weight excluding hydrogens is 260 g/mol. The van der Waals surface area contributed by atoms with Gasteiger partial charge >= 0.3 is 5.97 Å². The Hall–Kier alpha value is -1.14. The van der Waals surface area contributed by atoms with Crippen LogP contribution < -0.4 is 5.73 Å². The standard InChI is InChI=1S/C14H24N2O4/c1-13(2)11-9(6-8-20-11)14(13,15)12(19)16(3)7-4-5-10(17)18/h9,11H,4-8,15H2,1-3H3,(H,17,18). The largest absolute Gasteiger partial charge is 0.481 e. The Bertz CT molecular complexity index is 423. The fraction of sp³-hybridized carbons (Fsp3) is 0.857. The quantitative estimate of drug-likeness (QED) is 0.764. The van der Waals surface area contributed by atoms with Crippen molar-refractivity contribution in [1.29, 1.82) is 0 Å². The van der Waals surface area contributed by atoms with E-state index in [9.17, 15) is 9.59 Å². The maximum atomic E-state index is 12.7. The predicted molar refractivity (Wildman–Crippen MR) is 73.1 cm³/mol. The van der Waals surface area contributed by atoms with Crippen LogP contribution in [0.25, 0.3) is 0 Å². The molecule has 0 bridgehead atoms. The summed E-state index contributed by atoms with van der Waals surface area (Å²) in [6.45, 7) is 5.02. The summed E-state index contributed by atoms with van der Waals surface area (Å²) in [4.78, 5) is 24.8. The molecule has 2 fully saturated rings. The maximum absolute atomic E-state index is 12.7. The van der Waals surface area contributed by atoms with E-state index in [-0.39, 0.29) is 29.8 Å². The minimum absolute atomic E-state index is 0.0591. The highest BCUT2D eigenvalue weighted by molar-refractivity contribution is 5.89. The molecule has 3 atom stereocenters. The highest BCUT2D eigenvalue weighted by Gasteiger charge is 2.71. The van der Waals surface area contributed by atoms with Gasteiger partial charge in [0.25, 0.3) is 0 Å². The van der Waals surface area contributed by atoms with Crippen LogP contribution in [0.15, 0.2) is 0 Å². The average molecular weight is 284 g/mol. The van der Waals surface area contributed by atoms with Crippen LogP contribution in [0.4, 0.5) is 0 Å². The number of fused-ring (bicyclic) bond motifs is 1. The first-order valence-corrected chi connectivity index (χ1v) is 7.10. The maximum Gasteiger partial charge on any atom is 0.303 e. The smallest absolute Gasteiger partial charge is 0.303 e. The number of likely N-dealkylation sites (N-methyl/N-ethyl adjacent to an activating group) is 1. The lowest BCUT2D eigenvalue weighted by Crippen LogP contribution is -2.80. The number of hydrogen-bond donors (Lipinski definition) is 2. The number of carbonyl (C=O) groups excluding carboxylic acids is 1. The van der Waals surface area contributed by atoms with Crippen LogP contribution in [0.5, 0.6) is 0 Å². The molecule has 1 saturated carbocycles.